The van der Waals surface area contributed by atoms with E-state index in [9.17, 15) is 4.79 Å². The molecule has 26 heavy (non-hydrogen) atoms. The van der Waals surface area contributed by atoms with Crippen molar-refractivity contribution in [2.75, 3.05) is 19.8 Å². The first kappa shape index (κ1) is 22.3. The quantitative estimate of drug-likeness (QED) is 0.461. The van der Waals surface area contributed by atoms with Crippen LogP contribution in [0.3, 0.4) is 0 Å². The third-order valence-electron chi connectivity index (χ3n) is 4.74. The van der Waals surface area contributed by atoms with E-state index in [1.165, 1.54) is 36.0 Å². The van der Waals surface area contributed by atoms with Crippen molar-refractivity contribution in [2.45, 2.75) is 53.9 Å². The number of hydrogen-bond donors (Lipinski definition) is 1. The van der Waals surface area contributed by atoms with E-state index in [1.54, 1.807) is 0 Å². The molecule has 0 aromatic rings. The molecule has 1 aliphatic carbocycles. The van der Waals surface area contributed by atoms with Crippen molar-refractivity contribution in [2.24, 2.45) is 5.41 Å². The summed E-state index contributed by atoms with van der Waals surface area (Å²) in [5.41, 5.74) is 5.54. The number of rotatable bonds is 9. The number of aliphatic hydroxyl groups excluding tert-OH is 1. The summed E-state index contributed by atoms with van der Waals surface area (Å²) in [5.74, 6) is -0.302. The molecule has 0 radical (unpaired) electrons. The van der Waals surface area contributed by atoms with Gasteiger partial charge in [-0.1, -0.05) is 67.0 Å². The highest BCUT2D eigenvalue weighted by Crippen LogP contribution is 2.40. The maximum absolute atomic E-state index is 10.9. The van der Waals surface area contributed by atoms with Gasteiger partial charge in [0.05, 0.1) is 6.61 Å². The largest absolute Gasteiger partial charge is 0.388 e. The fourth-order valence-electron chi connectivity index (χ4n) is 3.11. The van der Waals surface area contributed by atoms with Gasteiger partial charge in [0.15, 0.2) is 5.78 Å². The molecule has 0 heterocycles. The SMILES string of the molecule is CC1=C(/C=C/C(C)=C\C=C\C(C)=C/COCC(=O)CO)C(C)(C)CCC1. The lowest BCUT2D eigenvalue weighted by Gasteiger charge is -2.32. The Balaban J connectivity index is 2.57. The van der Waals surface area contributed by atoms with E-state index in [2.05, 4.69) is 45.9 Å². The molecule has 0 aromatic carbocycles. The van der Waals surface area contributed by atoms with Crippen molar-refractivity contribution in [3.63, 3.8) is 0 Å². The van der Waals surface area contributed by atoms with Gasteiger partial charge in [0, 0.05) is 0 Å². The standard InChI is InChI=1S/C23H34O3/c1-18(11-12-22-20(3)10-7-14-23(22,4)5)8-6-9-19(2)13-15-26-17-21(25)16-24/h6,8-9,11-13,24H,7,10,14-17H2,1-5H3/b9-6+,12-11+,18-8-,19-13-. The summed E-state index contributed by atoms with van der Waals surface area (Å²) in [4.78, 5) is 10.9. The molecular weight excluding hydrogens is 324 g/mol. The fraction of sp³-hybridized carbons (Fsp3) is 0.522. The molecule has 0 saturated carbocycles. The average molecular weight is 359 g/mol. The third kappa shape index (κ3) is 8.11. The molecule has 0 atom stereocenters. The first-order valence-corrected chi connectivity index (χ1v) is 9.36. The first-order valence-electron chi connectivity index (χ1n) is 9.36. The molecule has 0 fully saturated rings. The van der Waals surface area contributed by atoms with Gasteiger partial charge in [-0.3, -0.25) is 4.79 Å². The number of ether oxygens (including phenoxy) is 1. The lowest BCUT2D eigenvalue weighted by molar-refractivity contribution is -0.125. The van der Waals surface area contributed by atoms with Crippen LogP contribution in [0.25, 0.3) is 0 Å². The topological polar surface area (TPSA) is 46.5 Å². The zero-order valence-corrected chi connectivity index (χ0v) is 17.0. The van der Waals surface area contributed by atoms with Crippen LogP contribution in [0.15, 0.2) is 58.7 Å². The lowest BCUT2D eigenvalue weighted by Crippen LogP contribution is -2.19. The maximum Gasteiger partial charge on any atom is 0.183 e. The highest BCUT2D eigenvalue weighted by Gasteiger charge is 2.26. The molecule has 144 valence electrons. The molecule has 3 heteroatoms. The van der Waals surface area contributed by atoms with E-state index in [-0.39, 0.29) is 17.8 Å². The second kappa shape index (κ2) is 11.1. The Morgan fingerprint density at radius 2 is 1.96 bits per heavy atom. The molecule has 0 amide bonds. The molecule has 0 aliphatic heterocycles. The average Bonchev–Trinajstić information content (AvgIpc) is 2.57. The summed E-state index contributed by atoms with van der Waals surface area (Å²) >= 11 is 0. The van der Waals surface area contributed by atoms with Crippen LogP contribution in [-0.4, -0.2) is 30.7 Å². The van der Waals surface area contributed by atoms with Crippen LogP contribution in [0.5, 0.6) is 0 Å². The van der Waals surface area contributed by atoms with Gasteiger partial charge in [-0.2, -0.15) is 0 Å². The van der Waals surface area contributed by atoms with E-state index in [4.69, 9.17) is 9.84 Å². The zero-order chi connectivity index (χ0) is 19.6. The van der Waals surface area contributed by atoms with Crippen LogP contribution in [0.1, 0.15) is 53.9 Å². The van der Waals surface area contributed by atoms with Crippen molar-refractivity contribution >= 4 is 5.78 Å². The molecule has 0 spiro atoms. The summed E-state index contributed by atoms with van der Waals surface area (Å²) in [6.45, 7) is 10.9. The number of carbonyl (C=O) groups excluding carboxylic acids is 1. The molecule has 1 rings (SSSR count). The van der Waals surface area contributed by atoms with Crippen molar-refractivity contribution in [1.82, 2.24) is 0 Å². The minimum absolute atomic E-state index is 0.0422. The summed E-state index contributed by atoms with van der Waals surface area (Å²) in [6, 6.07) is 0. The van der Waals surface area contributed by atoms with Gasteiger partial charge >= 0.3 is 0 Å². The second-order valence-corrected chi connectivity index (χ2v) is 7.69. The first-order chi connectivity index (χ1) is 12.3. The molecule has 0 aromatic heterocycles. The van der Waals surface area contributed by atoms with Gasteiger partial charge in [-0.15, -0.1) is 0 Å². The molecule has 1 N–H and O–H groups in total. The molecule has 0 bridgehead atoms. The molecule has 3 nitrogen and oxygen atoms in total. The minimum Gasteiger partial charge on any atom is -0.388 e. The van der Waals surface area contributed by atoms with Crippen LogP contribution in [0, 0.1) is 5.41 Å². The summed E-state index contributed by atoms with van der Waals surface area (Å²) in [6.07, 6.45) is 16.3. The van der Waals surface area contributed by atoms with Crippen molar-refractivity contribution < 1.29 is 14.6 Å². The van der Waals surface area contributed by atoms with Crippen LogP contribution in [0.2, 0.25) is 0 Å². The lowest BCUT2D eigenvalue weighted by atomic mass is 9.72. The zero-order valence-electron chi connectivity index (χ0n) is 17.0. The van der Waals surface area contributed by atoms with Gasteiger partial charge in [0.2, 0.25) is 0 Å². The molecule has 1 aliphatic rings. The number of aliphatic hydroxyl groups is 1. The molecular formula is C23H34O3. The van der Waals surface area contributed by atoms with Gasteiger partial charge < -0.3 is 9.84 Å². The summed E-state index contributed by atoms with van der Waals surface area (Å²) < 4.78 is 5.17. The van der Waals surface area contributed by atoms with Gasteiger partial charge in [-0.05, 0) is 51.0 Å². The Bertz CT molecular complexity index is 628. The fourth-order valence-corrected chi connectivity index (χ4v) is 3.11. The predicted molar refractivity (Wildman–Crippen MR) is 109 cm³/mol. The van der Waals surface area contributed by atoms with Crippen molar-refractivity contribution in [3.8, 4) is 0 Å². The van der Waals surface area contributed by atoms with Crippen molar-refractivity contribution in [1.29, 1.82) is 0 Å². The monoisotopic (exact) mass is 358 g/mol. The summed E-state index contributed by atoms with van der Waals surface area (Å²) in [5, 5.41) is 8.61. The number of Topliss-reactive ketones (excluding diaryl/α,β-unsaturated/α-hetero) is 1. The Kier molecular flexibility index (Phi) is 9.53. The normalized spacial score (nSPS) is 19.0. The Morgan fingerprint density at radius 1 is 1.23 bits per heavy atom. The minimum atomic E-state index is -0.464. The van der Waals surface area contributed by atoms with Crippen molar-refractivity contribution in [3.05, 3.63) is 58.7 Å². The second-order valence-electron chi connectivity index (χ2n) is 7.69. The van der Waals surface area contributed by atoms with Crippen LogP contribution in [-0.2, 0) is 9.53 Å². The third-order valence-corrected chi connectivity index (χ3v) is 4.74. The Hall–Kier alpha value is -1.71. The van der Waals surface area contributed by atoms with E-state index < -0.39 is 6.61 Å². The number of hydrogen-bond acceptors (Lipinski definition) is 3. The van der Waals surface area contributed by atoms with Crippen LogP contribution >= 0.6 is 0 Å². The van der Waals surface area contributed by atoms with Gasteiger partial charge in [-0.25, -0.2) is 0 Å². The highest BCUT2D eigenvalue weighted by atomic mass is 16.5. The smallest absolute Gasteiger partial charge is 0.183 e. The van der Waals surface area contributed by atoms with Crippen LogP contribution in [0.4, 0.5) is 0 Å². The Morgan fingerprint density at radius 3 is 2.62 bits per heavy atom. The number of allylic oxidation sites excluding steroid dienone is 9. The summed E-state index contributed by atoms with van der Waals surface area (Å²) in [7, 11) is 0. The van der Waals surface area contributed by atoms with E-state index >= 15 is 0 Å². The van der Waals surface area contributed by atoms with E-state index in [0.29, 0.717) is 6.61 Å². The molecule has 0 saturated heterocycles. The predicted octanol–water partition coefficient (Wildman–Crippen LogP) is 5.10. The number of ketones is 1. The van der Waals surface area contributed by atoms with Gasteiger partial charge in [0.25, 0.3) is 0 Å². The highest BCUT2D eigenvalue weighted by molar-refractivity contribution is 5.80. The van der Waals surface area contributed by atoms with E-state index in [1.807, 2.05) is 25.2 Å². The van der Waals surface area contributed by atoms with Gasteiger partial charge in [0.1, 0.15) is 13.2 Å². The molecule has 0 unspecified atom stereocenters. The Labute approximate surface area is 158 Å². The van der Waals surface area contributed by atoms with E-state index in [0.717, 1.165) is 5.57 Å². The number of carbonyl (C=O) groups is 1. The van der Waals surface area contributed by atoms with Crippen LogP contribution < -0.4 is 0 Å². The maximum atomic E-state index is 10.9.